The molecule has 0 bridgehead atoms. The molecular formula is C15H19FN4O. The van der Waals surface area contributed by atoms with E-state index < -0.39 is 17.3 Å². The molecule has 0 unspecified atom stereocenters. The van der Waals surface area contributed by atoms with E-state index in [-0.39, 0.29) is 12.1 Å². The van der Waals surface area contributed by atoms with Crippen molar-refractivity contribution in [1.29, 1.82) is 0 Å². The predicted molar refractivity (Wildman–Crippen MR) is 79.6 cm³/mol. The zero-order chi connectivity index (χ0) is 15.8. The van der Waals surface area contributed by atoms with Crippen molar-refractivity contribution in [2.75, 3.05) is 6.54 Å². The maximum atomic E-state index is 13.7. The number of amides is 1. The van der Waals surface area contributed by atoms with Crippen LogP contribution in [0, 0.1) is 19.7 Å². The molecule has 1 amide bonds. The molecule has 3 N–H and O–H groups in total. The van der Waals surface area contributed by atoms with Crippen LogP contribution in [-0.2, 0) is 0 Å². The molecule has 0 fully saturated rings. The topological polar surface area (TPSA) is 80.9 Å². The minimum atomic E-state index is -0.545. The van der Waals surface area contributed by atoms with Gasteiger partial charge >= 0.3 is 0 Å². The lowest BCUT2D eigenvalue weighted by Gasteiger charge is -2.19. The van der Waals surface area contributed by atoms with Gasteiger partial charge in [0, 0.05) is 18.2 Å². The summed E-state index contributed by atoms with van der Waals surface area (Å²) >= 11 is 0. The number of hydrogen-bond acceptors (Lipinski definition) is 4. The number of hydrogen-bond donors (Lipinski definition) is 2. The first-order valence-corrected chi connectivity index (χ1v) is 6.69. The molecule has 1 heterocycles. The van der Waals surface area contributed by atoms with Crippen molar-refractivity contribution in [3.63, 3.8) is 0 Å². The SMILES string of the molecule is Cc1nc2cc(F)cc(C(=O)NCC(C)(C)N)c2nc1C. The van der Waals surface area contributed by atoms with E-state index in [0.717, 1.165) is 0 Å². The van der Waals surface area contributed by atoms with Crippen LogP contribution in [0.5, 0.6) is 0 Å². The molecule has 0 radical (unpaired) electrons. The Morgan fingerprint density at radius 3 is 2.52 bits per heavy atom. The van der Waals surface area contributed by atoms with Crippen LogP contribution in [0.2, 0.25) is 0 Å². The summed E-state index contributed by atoms with van der Waals surface area (Å²) in [6, 6.07) is 2.45. The van der Waals surface area contributed by atoms with Gasteiger partial charge in [0.25, 0.3) is 5.91 Å². The zero-order valence-electron chi connectivity index (χ0n) is 12.6. The van der Waals surface area contributed by atoms with Crippen LogP contribution in [0.4, 0.5) is 4.39 Å². The molecule has 0 aliphatic rings. The molecule has 2 rings (SSSR count). The lowest BCUT2D eigenvalue weighted by atomic mass is 10.1. The van der Waals surface area contributed by atoms with Crippen molar-refractivity contribution in [2.24, 2.45) is 5.73 Å². The van der Waals surface area contributed by atoms with Crippen LogP contribution in [-0.4, -0.2) is 28.0 Å². The summed E-state index contributed by atoms with van der Waals surface area (Å²) in [5.41, 5.74) is 7.65. The molecule has 21 heavy (non-hydrogen) atoms. The number of carbonyl (C=O) groups is 1. The minimum absolute atomic E-state index is 0.171. The fraction of sp³-hybridized carbons (Fsp3) is 0.400. The monoisotopic (exact) mass is 290 g/mol. The summed E-state index contributed by atoms with van der Waals surface area (Å²) in [6.07, 6.45) is 0. The van der Waals surface area contributed by atoms with E-state index in [1.54, 1.807) is 27.7 Å². The average molecular weight is 290 g/mol. The Bertz CT molecular complexity index is 707. The third-order valence-corrected chi connectivity index (χ3v) is 3.10. The molecule has 112 valence electrons. The first-order chi connectivity index (χ1) is 9.67. The molecule has 0 saturated carbocycles. The number of nitrogens with one attached hydrogen (secondary N) is 1. The minimum Gasteiger partial charge on any atom is -0.350 e. The molecular weight excluding hydrogens is 271 g/mol. The normalized spacial score (nSPS) is 11.7. The number of rotatable bonds is 3. The van der Waals surface area contributed by atoms with Crippen molar-refractivity contribution < 1.29 is 9.18 Å². The molecule has 0 aliphatic carbocycles. The second-order valence-corrected chi connectivity index (χ2v) is 5.89. The molecule has 0 atom stereocenters. The summed E-state index contributed by atoms with van der Waals surface area (Å²) in [6.45, 7) is 7.47. The van der Waals surface area contributed by atoms with Gasteiger partial charge in [-0.1, -0.05) is 0 Å². The van der Waals surface area contributed by atoms with Gasteiger partial charge in [-0.15, -0.1) is 0 Å². The summed E-state index contributed by atoms with van der Waals surface area (Å²) in [4.78, 5) is 20.9. The highest BCUT2D eigenvalue weighted by molar-refractivity contribution is 6.04. The lowest BCUT2D eigenvalue weighted by Crippen LogP contribution is -2.45. The van der Waals surface area contributed by atoms with Crippen molar-refractivity contribution >= 4 is 16.9 Å². The summed E-state index contributed by atoms with van der Waals surface area (Å²) in [5, 5.41) is 2.69. The molecule has 1 aromatic heterocycles. The van der Waals surface area contributed by atoms with Gasteiger partial charge in [-0.2, -0.15) is 0 Å². The number of aryl methyl sites for hydroxylation is 2. The standard InChI is InChI=1S/C15H19FN4O/c1-8-9(2)20-13-11(5-10(16)6-12(13)19-8)14(21)18-7-15(3,4)17/h5-6H,7,17H2,1-4H3,(H,18,21). The van der Waals surface area contributed by atoms with Crippen molar-refractivity contribution in [3.05, 3.63) is 34.9 Å². The van der Waals surface area contributed by atoms with Gasteiger partial charge in [-0.05, 0) is 33.8 Å². The Balaban J connectivity index is 2.47. The number of benzene rings is 1. The summed E-state index contributed by atoms with van der Waals surface area (Å²) in [7, 11) is 0. The van der Waals surface area contributed by atoms with Crippen molar-refractivity contribution in [3.8, 4) is 0 Å². The van der Waals surface area contributed by atoms with Gasteiger partial charge < -0.3 is 11.1 Å². The Kier molecular flexibility index (Phi) is 3.91. The molecule has 2 aromatic rings. The predicted octanol–water partition coefficient (Wildman–Crippen LogP) is 1.85. The van der Waals surface area contributed by atoms with E-state index >= 15 is 0 Å². The fourth-order valence-corrected chi connectivity index (χ4v) is 1.87. The molecule has 0 saturated heterocycles. The van der Waals surface area contributed by atoms with Gasteiger partial charge in [0.2, 0.25) is 0 Å². The summed E-state index contributed by atoms with van der Waals surface area (Å²) in [5.74, 6) is -0.923. The third kappa shape index (κ3) is 3.52. The molecule has 1 aromatic carbocycles. The second-order valence-electron chi connectivity index (χ2n) is 5.89. The van der Waals surface area contributed by atoms with E-state index in [1.807, 2.05) is 0 Å². The van der Waals surface area contributed by atoms with Crippen molar-refractivity contribution in [1.82, 2.24) is 15.3 Å². The highest BCUT2D eigenvalue weighted by Crippen LogP contribution is 2.19. The van der Waals surface area contributed by atoms with Crippen LogP contribution >= 0.6 is 0 Å². The van der Waals surface area contributed by atoms with E-state index in [4.69, 9.17) is 5.73 Å². The maximum absolute atomic E-state index is 13.7. The number of nitrogens with two attached hydrogens (primary N) is 1. The zero-order valence-corrected chi connectivity index (χ0v) is 12.6. The van der Waals surface area contributed by atoms with E-state index in [0.29, 0.717) is 22.4 Å². The first kappa shape index (κ1) is 15.3. The lowest BCUT2D eigenvalue weighted by molar-refractivity contribution is 0.0947. The van der Waals surface area contributed by atoms with Crippen LogP contribution < -0.4 is 11.1 Å². The van der Waals surface area contributed by atoms with Gasteiger partial charge in [0.15, 0.2) is 0 Å². The van der Waals surface area contributed by atoms with Crippen LogP contribution in [0.3, 0.4) is 0 Å². The highest BCUT2D eigenvalue weighted by atomic mass is 19.1. The molecule has 0 aliphatic heterocycles. The second kappa shape index (κ2) is 5.37. The number of halogens is 1. The quantitative estimate of drug-likeness (QED) is 0.904. The van der Waals surface area contributed by atoms with Gasteiger partial charge in [-0.3, -0.25) is 4.79 Å². The number of nitrogens with zero attached hydrogens (tertiary/aromatic N) is 2. The van der Waals surface area contributed by atoms with E-state index in [9.17, 15) is 9.18 Å². The molecule has 5 nitrogen and oxygen atoms in total. The Morgan fingerprint density at radius 2 is 1.90 bits per heavy atom. The van der Waals surface area contributed by atoms with Gasteiger partial charge in [0.05, 0.1) is 22.5 Å². The van der Waals surface area contributed by atoms with Gasteiger partial charge in [0.1, 0.15) is 11.3 Å². The maximum Gasteiger partial charge on any atom is 0.253 e. The Hall–Kier alpha value is -2.08. The fourth-order valence-electron chi connectivity index (χ4n) is 1.87. The summed E-state index contributed by atoms with van der Waals surface area (Å²) < 4.78 is 13.7. The first-order valence-electron chi connectivity index (χ1n) is 6.69. The van der Waals surface area contributed by atoms with Crippen LogP contribution in [0.25, 0.3) is 11.0 Å². The van der Waals surface area contributed by atoms with E-state index in [1.165, 1.54) is 12.1 Å². The highest BCUT2D eigenvalue weighted by Gasteiger charge is 2.18. The number of carbonyl (C=O) groups excluding carboxylic acids is 1. The number of aromatic nitrogens is 2. The van der Waals surface area contributed by atoms with Crippen LogP contribution in [0.1, 0.15) is 35.6 Å². The van der Waals surface area contributed by atoms with E-state index in [2.05, 4.69) is 15.3 Å². The number of fused-ring (bicyclic) bond motifs is 1. The molecule has 6 heteroatoms. The third-order valence-electron chi connectivity index (χ3n) is 3.10. The Morgan fingerprint density at radius 1 is 1.29 bits per heavy atom. The Labute approximate surface area is 122 Å². The average Bonchev–Trinajstić information content (AvgIpc) is 2.36. The van der Waals surface area contributed by atoms with Gasteiger partial charge in [-0.25, -0.2) is 14.4 Å². The van der Waals surface area contributed by atoms with Crippen LogP contribution in [0.15, 0.2) is 12.1 Å². The smallest absolute Gasteiger partial charge is 0.253 e. The largest absolute Gasteiger partial charge is 0.350 e. The molecule has 0 spiro atoms. The van der Waals surface area contributed by atoms with Crippen molar-refractivity contribution in [2.45, 2.75) is 33.2 Å².